The van der Waals surface area contributed by atoms with Crippen molar-refractivity contribution in [3.8, 4) is 17.2 Å². The highest BCUT2D eigenvalue weighted by atomic mass is 16.7. The molecule has 0 saturated carbocycles. The first-order valence-corrected chi connectivity index (χ1v) is 20.7. The molecule has 0 spiro atoms. The Morgan fingerprint density at radius 3 is 1.95 bits per heavy atom. The van der Waals surface area contributed by atoms with Crippen LogP contribution in [-0.2, 0) is 34.1 Å². The number of fused-ring (bicyclic) bond motifs is 1. The second-order valence-corrected chi connectivity index (χ2v) is 16.7. The summed E-state index contributed by atoms with van der Waals surface area (Å²) in [6.45, 7) is 7.51. The number of nitrogens with one attached hydrogen (secondary N) is 1. The Hall–Kier alpha value is -6.59. The van der Waals surface area contributed by atoms with Crippen LogP contribution in [0.2, 0.25) is 0 Å². The number of hydrogen-bond donors (Lipinski definition) is 3. The highest BCUT2D eigenvalue weighted by molar-refractivity contribution is 5.90. The molecular weight excluding hydrogens is 823 g/mol. The van der Waals surface area contributed by atoms with Gasteiger partial charge in [0.05, 0.1) is 26.0 Å². The summed E-state index contributed by atoms with van der Waals surface area (Å²) in [4.78, 5) is 52.8. The van der Waals surface area contributed by atoms with E-state index in [1.165, 1.54) is 10.9 Å². The van der Waals surface area contributed by atoms with E-state index < -0.39 is 77.8 Å². The Morgan fingerprint density at radius 1 is 0.844 bits per heavy atom. The van der Waals surface area contributed by atoms with E-state index in [0.29, 0.717) is 33.9 Å². The van der Waals surface area contributed by atoms with Gasteiger partial charge in [-0.15, -0.1) is 0 Å². The number of aromatic amines is 1. The molecule has 1 aliphatic heterocycles. The number of ketones is 1. The number of nitrogens with two attached hydrogens (primary N) is 1. The zero-order valence-corrected chi connectivity index (χ0v) is 36.7. The van der Waals surface area contributed by atoms with Crippen LogP contribution in [0.3, 0.4) is 0 Å². The van der Waals surface area contributed by atoms with Gasteiger partial charge in [-0.3, -0.25) is 23.9 Å². The van der Waals surface area contributed by atoms with Gasteiger partial charge in [0, 0.05) is 0 Å². The molecule has 4 aromatic carbocycles. The van der Waals surface area contributed by atoms with Crippen molar-refractivity contribution in [1.82, 2.24) is 19.5 Å². The van der Waals surface area contributed by atoms with Crippen LogP contribution in [0.15, 0.2) is 120 Å². The molecular formula is C48H53N5O11. The number of aliphatic hydroxyl groups is 1. The summed E-state index contributed by atoms with van der Waals surface area (Å²) in [6, 6.07) is 32.8. The van der Waals surface area contributed by atoms with Gasteiger partial charge in [-0.25, -0.2) is 4.98 Å². The molecule has 1 aliphatic rings. The lowest BCUT2D eigenvalue weighted by molar-refractivity contribution is -0.223. The summed E-state index contributed by atoms with van der Waals surface area (Å²) < 4.78 is 45.2. The van der Waals surface area contributed by atoms with Gasteiger partial charge in [-0.1, -0.05) is 86.6 Å². The molecule has 0 radical (unpaired) electrons. The fourth-order valence-electron chi connectivity index (χ4n) is 8.00. The summed E-state index contributed by atoms with van der Waals surface area (Å²) in [5, 5.41) is 12.8. The second-order valence-electron chi connectivity index (χ2n) is 16.7. The smallest absolute Gasteiger partial charge is 0.313 e. The molecule has 7 rings (SSSR count). The fraction of sp³-hybridized carbons (Fsp3) is 0.354. The summed E-state index contributed by atoms with van der Waals surface area (Å²) in [6.07, 6.45) is -4.72. The first kappa shape index (κ1) is 45.4. The van der Waals surface area contributed by atoms with Gasteiger partial charge in [0.15, 0.2) is 29.8 Å². The normalized spacial score (nSPS) is 18.7. The van der Waals surface area contributed by atoms with E-state index >= 15 is 4.79 Å². The lowest BCUT2D eigenvalue weighted by Gasteiger charge is -2.49. The van der Waals surface area contributed by atoms with Crippen LogP contribution in [0.25, 0.3) is 11.2 Å². The van der Waals surface area contributed by atoms with Gasteiger partial charge in [0.1, 0.15) is 47.8 Å². The van der Waals surface area contributed by atoms with Crippen molar-refractivity contribution in [3.63, 3.8) is 0 Å². The number of aliphatic hydroxyl groups excluding tert-OH is 1. The van der Waals surface area contributed by atoms with Crippen molar-refractivity contribution in [3.05, 3.63) is 143 Å². The van der Waals surface area contributed by atoms with E-state index in [-0.39, 0.29) is 17.1 Å². The quantitative estimate of drug-likeness (QED) is 0.0549. The number of para-hydroxylation sites is 1. The third-order valence-corrected chi connectivity index (χ3v) is 11.3. The average Bonchev–Trinajstić information content (AvgIpc) is 3.86. The van der Waals surface area contributed by atoms with Gasteiger partial charge < -0.3 is 44.0 Å². The number of anilines is 1. The Morgan fingerprint density at radius 2 is 1.41 bits per heavy atom. The number of benzene rings is 4. The maximum absolute atomic E-state index is 15.7. The SMILES string of the molecule is COc1ccc(C(OC(C(=O)COc2ccccc2)(C(C)C)[C@H]2O[C@@H](n3cnc4c(=O)[nH]c(N)nc43)[C@H](OCOC(=O)C(C)(C)C)[C@@H]2O)(c2ccccc2)c2ccc(OC)cc2)cc1. The number of ether oxygens (including phenoxy) is 7. The molecule has 16 nitrogen and oxygen atoms in total. The van der Waals surface area contributed by atoms with Crippen LogP contribution in [-0.4, -0.2) is 87.9 Å². The Labute approximate surface area is 370 Å². The number of hydrogen-bond acceptors (Lipinski definition) is 14. The summed E-state index contributed by atoms with van der Waals surface area (Å²) in [7, 11) is 3.13. The van der Waals surface area contributed by atoms with Gasteiger partial charge >= 0.3 is 5.97 Å². The van der Waals surface area contributed by atoms with Crippen LogP contribution in [0.1, 0.15) is 57.5 Å². The maximum Gasteiger partial charge on any atom is 0.313 e. The minimum atomic E-state index is -2.12. The summed E-state index contributed by atoms with van der Waals surface area (Å²) in [5.41, 5.74) is 2.51. The van der Waals surface area contributed by atoms with E-state index in [9.17, 15) is 14.7 Å². The molecule has 0 aliphatic carbocycles. The van der Waals surface area contributed by atoms with Crippen molar-refractivity contribution in [2.45, 2.75) is 70.4 Å². The van der Waals surface area contributed by atoms with Crippen LogP contribution in [0, 0.1) is 11.3 Å². The molecule has 16 heteroatoms. The molecule has 64 heavy (non-hydrogen) atoms. The molecule has 0 amide bonds. The standard InChI is InChI=1S/C48H53N5O11/c1-29(2)47(36(54)26-60-35-16-12-9-13-17-35,64-48(30-14-10-8-11-15-30,31-18-22-33(58-6)23-19-31)32-20-24-34(59-7)25-21-32)40-38(55)39(61-28-62-44(57)46(3,4)5)43(63-40)53-27-50-37-41(53)51-45(49)52-42(37)56/h8-25,27,29,38-40,43,55H,26,28H2,1-7H3,(H3,49,51,52,56)/t38-,39+,40-,43+,47?/m0/s1. The summed E-state index contributed by atoms with van der Waals surface area (Å²) in [5.74, 6) is -0.576. The zero-order chi connectivity index (χ0) is 45.8. The summed E-state index contributed by atoms with van der Waals surface area (Å²) >= 11 is 0. The van der Waals surface area contributed by atoms with Crippen molar-refractivity contribution in [1.29, 1.82) is 0 Å². The average molecular weight is 876 g/mol. The Kier molecular flexibility index (Phi) is 13.2. The minimum Gasteiger partial charge on any atom is -0.497 e. The molecule has 0 bridgehead atoms. The molecule has 5 atom stereocenters. The van der Waals surface area contributed by atoms with Gasteiger partial charge in [-0.2, -0.15) is 4.98 Å². The van der Waals surface area contributed by atoms with E-state index in [1.54, 1.807) is 97.4 Å². The number of esters is 1. The molecule has 6 aromatic rings. The predicted molar refractivity (Wildman–Crippen MR) is 236 cm³/mol. The van der Waals surface area contributed by atoms with Crippen molar-refractivity contribution >= 4 is 28.9 Å². The van der Waals surface area contributed by atoms with Crippen molar-refractivity contribution < 1.29 is 47.9 Å². The molecule has 4 N–H and O–H groups in total. The number of methoxy groups -OCH3 is 2. The fourth-order valence-corrected chi connectivity index (χ4v) is 8.00. The van der Waals surface area contributed by atoms with Gasteiger partial charge in [0.2, 0.25) is 11.7 Å². The van der Waals surface area contributed by atoms with E-state index in [0.717, 1.165) is 0 Å². The van der Waals surface area contributed by atoms with Gasteiger partial charge in [0.25, 0.3) is 5.56 Å². The number of nitrogens with zero attached hydrogens (tertiary/aromatic N) is 3. The molecule has 1 saturated heterocycles. The van der Waals surface area contributed by atoms with Crippen molar-refractivity contribution in [2.75, 3.05) is 33.4 Å². The first-order chi connectivity index (χ1) is 30.6. The number of rotatable bonds is 17. The number of imidazole rings is 1. The predicted octanol–water partition coefficient (Wildman–Crippen LogP) is 5.96. The number of Topliss-reactive ketones (excluding diaryl/α,β-unsaturated/α-hetero) is 1. The lowest BCUT2D eigenvalue weighted by Crippen LogP contribution is -2.64. The van der Waals surface area contributed by atoms with Gasteiger partial charge in [-0.05, 0) is 79.8 Å². The Bertz CT molecular complexity index is 2550. The van der Waals surface area contributed by atoms with Crippen LogP contribution in [0.5, 0.6) is 17.2 Å². The molecule has 2 aromatic heterocycles. The number of H-pyrrole nitrogens is 1. The van der Waals surface area contributed by atoms with E-state index in [1.807, 2.05) is 60.7 Å². The maximum atomic E-state index is 15.7. The lowest BCUT2D eigenvalue weighted by atomic mass is 9.74. The third-order valence-electron chi connectivity index (χ3n) is 11.3. The molecule has 1 fully saturated rings. The number of carbonyl (C=O) groups is 2. The van der Waals surface area contributed by atoms with Crippen LogP contribution < -0.4 is 25.5 Å². The third kappa shape index (κ3) is 8.69. The largest absolute Gasteiger partial charge is 0.497 e. The van der Waals surface area contributed by atoms with Crippen molar-refractivity contribution in [2.24, 2.45) is 11.3 Å². The molecule has 1 unspecified atom stereocenters. The topological polar surface area (TPSA) is 209 Å². The minimum absolute atomic E-state index is 0.00397. The zero-order valence-electron chi connectivity index (χ0n) is 36.7. The number of carbonyl (C=O) groups excluding carboxylic acids is 2. The number of aromatic nitrogens is 4. The monoisotopic (exact) mass is 875 g/mol. The van der Waals surface area contributed by atoms with Crippen LogP contribution >= 0.6 is 0 Å². The highest BCUT2D eigenvalue weighted by Gasteiger charge is 2.64. The Balaban J connectivity index is 1.47. The van der Waals surface area contributed by atoms with Crippen LogP contribution in [0.4, 0.5) is 5.95 Å². The van der Waals surface area contributed by atoms with E-state index in [4.69, 9.17) is 38.9 Å². The van der Waals surface area contributed by atoms with E-state index in [2.05, 4.69) is 15.0 Å². The first-order valence-electron chi connectivity index (χ1n) is 20.7. The second kappa shape index (κ2) is 18.6. The highest BCUT2D eigenvalue weighted by Crippen LogP contribution is 2.51. The number of nitrogen functional groups attached to an aromatic ring is 1. The molecule has 336 valence electrons. The molecule has 3 heterocycles.